The van der Waals surface area contributed by atoms with E-state index in [4.69, 9.17) is 11.6 Å². The molecule has 0 saturated heterocycles. The fraction of sp³-hybridized carbons (Fsp3) is 0.188. The summed E-state index contributed by atoms with van der Waals surface area (Å²) in [5, 5.41) is 0.249. The molecule has 1 nitrogen and oxygen atoms in total. The van der Waals surface area contributed by atoms with E-state index < -0.39 is 5.82 Å². The third-order valence-electron chi connectivity index (χ3n) is 2.91. The molecule has 0 N–H and O–H groups in total. The molecule has 0 unspecified atom stereocenters. The van der Waals surface area contributed by atoms with Crippen molar-refractivity contribution < 1.29 is 9.18 Å². The van der Waals surface area contributed by atoms with Crippen molar-refractivity contribution in [2.45, 2.75) is 19.8 Å². The number of ketones is 1. The monoisotopic (exact) mass is 276 g/mol. The molecule has 0 bridgehead atoms. The Hall–Kier alpha value is -1.67. The normalized spacial score (nSPS) is 10.5. The van der Waals surface area contributed by atoms with Crippen LogP contribution in [0.3, 0.4) is 0 Å². The Bertz CT molecular complexity index is 587. The van der Waals surface area contributed by atoms with Crippen LogP contribution in [0.15, 0.2) is 42.5 Å². The molecule has 2 rings (SSSR count). The fourth-order valence-electron chi connectivity index (χ4n) is 1.98. The predicted octanol–water partition coefficient (Wildman–Crippen LogP) is 4.60. The quantitative estimate of drug-likeness (QED) is 0.746. The van der Waals surface area contributed by atoms with Crippen molar-refractivity contribution in [3.05, 3.63) is 70.0 Å². The van der Waals surface area contributed by atoms with Crippen LogP contribution in [0.2, 0.25) is 5.02 Å². The molecular formula is C16H14ClFO. The van der Waals surface area contributed by atoms with Crippen LogP contribution in [0.1, 0.15) is 27.9 Å². The molecule has 3 heteroatoms. The van der Waals surface area contributed by atoms with Crippen LogP contribution in [0, 0.1) is 12.7 Å². The zero-order chi connectivity index (χ0) is 13.8. The van der Waals surface area contributed by atoms with Crippen LogP contribution in [0.5, 0.6) is 0 Å². The fourth-order valence-corrected chi connectivity index (χ4v) is 2.21. The highest BCUT2D eigenvalue weighted by molar-refractivity contribution is 6.31. The molecule has 0 fully saturated rings. The van der Waals surface area contributed by atoms with E-state index in [0.29, 0.717) is 18.4 Å². The molecule has 0 radical (unpaired) electrons. The van der Waals surface area contributed by atoms with Gasteiger partial charge in [0.05, 0.1) is 0 Å². The summed E-state index contributed by atoms with van der Waals surface area (Å²) in [4.78, 5) is 12.0. The maximum Gasteiger partial charge on any atom is 0.163 e. The molecule has 0 aromatic heterocycles. The Balaban J connectivity index is 2.05. The number of hydrogen-bond donors (Lipinski definition) is 0. The third-order valence-corrected chi connectivity index (χ3v) is 3.13. The molecule has 0 atom stereocenters. The zero-order valence-electron chi connectivity index (χ0n) is 10.6. The Morgan fingerprint density at radius 3 is 2.68 bits per heavy atom. The lowest BCUT2D eigenvalue weighted by Gasteiger charge is -2.04. The highest BCUT2D eigenvalue weighted by Crippen LogP contribution is 2.16. The standard InChI is InChI=1S/C16H14ClFO/c1-11-3-2-4-12(7-11)5-6-16(19)13-8-14(17)10-15(18)9-13/h2-4,7-10H,5-6H2,1H3. The average Bonchev–Trinajstić information content (AvgIpc) is 2.35. The van der Waals surface area contributed by atoms with Crippen molar-refractivity contribution in [2.75, 3.05) is 0 Å². The Kier molecular flexibility index (Phi) is 4.33. The summed E-state index contributed by atoms with van der Waals surface area (Å²) >= 11 is 5.74. The van der Waals surface area contributed by atoms with Gasteiger partial charge in [-0.05, 0) is 37.1 Å². The number of aryl methyl sites for hydroxylation is 2. The third kappa shape index (κ3) is 3.90. The van der Waals surface area contributed by atoms with Gasteiger partial charge in [0.25, 0.3) is 0 Å². The first-order valence-corrected chi connectivity index (χ1v) is 6.47. The molecule has 2 aromatic carbocycles. The van der Waals surface area contributed by atoms with Crippen LogP contribution >= 0.6 is 11.6 Å². The van der Waals surface area contributed by atoms with Gasteiger partial charge in [-0.2, -0.15) is 0 Å². The van der Waals surface area contributed by atoms with Crippen LogP contribution in [-0.2, 0) is 6.42 Å². The van der Waals surface area contributed by atoms with Gasteiger partial charge in [0.2, 0.25) is 0 Å². The van der Waals surface area contributed by atoms with Gasteiger partial charge < -0.3 is 0 Å². The number of rotatable bonds is 4. The van der Waals surface area contributed by atoms with Crippen molar-refractivity contribution >= 4 is 17.4 Å². The Labute approximate surface area is 117 Å². The number of halogens is 2. The van der Waals surface area contributed by atoms with Gasteiger partial charge in [0.15, 0.2) is 5.78 Å². The van der Waals surface area contributed by atoms with Gasteiger partial charge in [0.1, 0.15) is 5.82 Å². The van der Waals surface area contributed by atoms with Crippen molar-refractivity contribution in [2.24, 2.45) is 0 Å². The number of Topliss-reactive ketones (excluding diaryl/α,β-unsaturated/α-hetero) is 1. The van der Waals surface area contributed by atoms with E-state index >= 15 is 0 Å². The lowest BCUT2D eigenvalue weighted by atomic mass is 10.0. The minimum atomic E-state index is -0.480. The number of benzene rings is 2. The van der Waals surface area contributed by atoms with Gasteiger partial charge >= 0.3 is 0 Å². The van der Waals surface area contributed by atoms with Crippen molar-refractivity contribution in [3.63, 3.8) is 0 Å². The second kappa shape index (κ2) is 5.98. The molecular weight excluding hydrogens is 263 g/mol. The summed E-state index contributed by atoms with van der Waals surface area (Å²) in [7, 11) is 0. The van der Waals surface area contributed by atoms with E-state index in [2.05, 4.69) is 0 Å². The molecule has 0 heterocycles. The lowest BCUT2D eigenvalue weighted by Crippen LogP contribution is -2.02. The van der Waals surface area contributed by atoms with Gasteiger partial charge in [-0.15, -0.1) is 0 Å². The maximum absolute atomic E-state index is 13.2. The summed E-state index contributed by atoms with van der Waals surface area (Å²) in [5.41, 5.74) is 2.60. The summed E-state index contributed by atoms with van der Waals surface area (Å²) in [6.07, 6.45) is 0.998. The van der Waals surface area contributed by atoms with Gasteiger partial charge in [0, 0.05) is 17.0 Å². The summed E-state index contributed by atoms with van der Waals surface area (Å²) < 4.78 is 13.2. The van der Waals surface area contributed by atoms with E-state index in [-0.39, 0.29) is 10.8 Å². The largest absolute Gasteiger partial charge is 0.294 e. The van der Waals surface area contributed by atoms with Gasteiger partial charge in [-0.3, -0.25) is 4.79 Å². The predicted molar refractivity (Wildman–Crippen MR) is 75.2 cm³/mol. The highest BCUT2D eigenvalue weighted by atomic mass is 35.5. The molecule has 0 aliphatic heterocycles. The van der Waals surface area contributed by atoms with Crippen molar-refractivity contribution in [1.29, 1.82) is 0 Å². The second-order valence-electron chi connectivity index (χ2n) is 4.57. The maximum atomic E-state index is 13.2. The SMILES string of the molecule is Cc1cccc(CCC(=O)c2cc(F)cc(Cl)c2)c1. The number of hydrogen-bond acceptors (Lipinski definition) is 1. The van der Waals surface area contributed by atoms with E-state index in [1.54, 1.807) is 0 Å². The van der Waals surface area contributed by atoms with Gasteiger partial charge in [-0.1, -0.05) is 41.4 Å². The summed E-state index contributed by atoms with van der Waals surface area (Å²) in [6.45, 7) is 2.01. The van der Waals surface area contributed by atoms with Crippen LogP contribution < -0.4 is 0 Å². The number of carbonyl (C=O) groups excluding carboxylic acids is 1. The van der Waals surface area contributed by atoms with Crippen LogP contribution in [0.25, 0.3) is 0 Å². The van der Waals surface area contributed by atoms with E-state index in [1.165, 1.54) is 23.8 Å². The second-order valence-corrected chi connectivity index (χ2v) is 5.01. The molecule has 98 valence electrons. The van der Waals surface area contributed by atoms with E-state index in [0.717, 1.165) is 5.56 Å². The molecule has 0 aliphatic carbocycles. The molecule has 0 amide bonds. The van der Waals surface area contributed by atoms with Gasteiger partial charge in [-0.25, -0.2) is 4.39 Å². The average molecular weight is 277 g/mol. The summed E-state index contributed by atoms with van der Waals surface area (Å²) in [5.74, 6) is -0.575. The molecule has 0 saturated carbocycles. The Morgan fingerprint density at radius 1 is 1.21 bits per heavy atom. The number of carbonyl (C=O) groups is 1. The van der Waals surface area contributed by atoms with Crippen LogP contribution in [-0.4, -0.2) is 5.78 Å². The first kappa shape index (κ1) is 13.8. The van der Waals surface area contributed by atoms with E-state index in [9.17, 15) is 9.18 Å². The van der Waals surface area contributed by atoms with Crippen molar-refractivity contribution in [1.82, 2.24) is 0 Å². The first-order chi connectivity index (χ1) is 9.04. The smallest absolute Gasteiger partial charge is 0.163 e. The summed E-state index contributed by atoms with van der Waals surface area (Å²) in [6, 6.07) is 11.9. The van der Waals surface area contributed by atoms with E-state index in [1.807, 2.05) is 31.2 Å². The van der Waals surface area contributed by atoms with Crippen LogP contribution in [0.4, 0.5) is 4.39 Å². The molecule has 0 aliphatic rings. The molecule has 0 spiro atoms. The minimum absolute atomic E-state index is 0.0945. The molecule has 2 aromatic rings. The highest BCUT2D eigenvalue weighted by Gasteiger charge is 2.09. The zero-order valence-corrected chi connectivity index (χ0v) is 11.4. The first-order valence-electron chi connectivity index (χ1n) is 6.09. The lowest BCUT2D eigenvalue weighted by molar-refractivity contribution is 0.0982. The topological polar surface area (TPSA) is 17.1 Å². The van der Waals surface area contributed by atoms with Crippen molar-refractivity contribution in [3.8, 4) is 0 Å². The Morgan fingerprint density at radius 2 is 2.00 bits per heavy atom. The molecule has 19 heavy (non-hydrogen) atoms. The minimum Gasteiger partial charge on any atom is -0.294 e.